The zero-order valence-electron chi connectivity index (χ0n) is 7.08. The predicted octanol–water partition coefficient (Wildman–Crippen LogP) is 1.60. The van der Waals surface area contributed by atoms with Gasteiger partial charge in [0.2, 0.25) is 0 Å². The Labute approximate surface area is 84.2 Å². The van der Waals surface area contributed by atoms with Crippen molar-refractivity contribution in [3.8, 4) is 0 Å². The number of anilines is 1. The summed E-state index contributed by atoms with van der Waals surface area (Å²) in [7, 11) is 0. The van der Waals surface area contributed by atoms with E-state index in [1.807, 2.05) is 0 Å². The van der Waals surface area contributed by atoms with Gasteiger partial charge in [-0.05, 0) is 22.9 Å². The van der Waals surface area contributed by atoms with Gasteiger partial charge in [0, 0.05) is 12.4 Å². The van der Waals surface area contributed by atoms with Crippen LogP contribution < -0.4 is 5.73 Å². The maximum atomic E-state index is 11.3. The van der Waals surface area contributed by atoms with Crippen molar-refractivity contribution in [3.63, 3.8) is 0 Å². The van der Waals surface area contributed by atoms with Crippen molar-refractivity contribution in [2.45, 2.75) is 6.92 Å². The van der Waals surface area contributed by atoms with Crippen LogP contribution in [0.15, 0.2) is 16.9 Å². The Bertz CT molecular complexity index is 328. The molecule has 0 saturated heterocycles. The molecule has 0 unspecified atom stereocenters. The number of carbonyl (C=O) groups is 1. The minimum Gasteiger partial charge on any atom is -0.462 e. The van der Waals surface area contributed by atoms with E-state index in [2.05, 4.69) is 20.9 Å². The van der Waals surface area contributed by atoms with E-state index < -0.39 is 5.97 Å². The molecule has 0 atom stereocenters. The van der Waals surface area contributed by atoms with Gasteiger partial charge in [0.1, 0.15) is 5.56 Å². The smallest absolute Gasteiger partial charge is 0.341 e. The van der Waals surface area contributed by atoms with E-state index in [0.717, 1.165) is 0 Å². The molecule has 2 N–H and O–H groups in total. The van der Waals surface area contributed by atoms with Crippen molar-refractivity contribution in [1.82, 2.24) is 4.98 Å². The highest BCUT2D eigenvalue weighted by Gasteiger charge is 2.12. The Morgan fingerprint density at radius 3 is 3.00 bits per heavy atom. The molecule has 0 fully saturated rings. The summed E-state index contributed by atoms with van der Waals surface area (Å²) in [6.45, 7) is 2.06. The first kappa shape index (κ1) is 9.98. The molecule has 1 aromatic rings. The topological polar surface area (TPSA) is 65.2 Å². The van der Waals surface area contributed by atoms with Crippen LogP contribution in [0.25, 0.3) is 0 Å². The zero-order chi connectivity index (χ0) is 9.84. The number of rotatable bonds is 2. The van der Waals surface area contributed by atoms with Crippen LogP contribution >= 0.6 is 15.9 Å². The van der Waals surface area contributed by atoms with Gasteiger partial charge in [-0.15, -0.1) is 0 Å². The molecule has 0 saturated carbocycles. The van der Waals surface area contributed by atoms with Gasteiger partial charge in [0.15, 0.2) is 0 Å². The number of ether oxygens (including phenoxy) is 1. The molecule has 0 amide bonds. The zero-order valence-corrected chi connectivity index (χ0v) is 8.67. The van der Waals surface area contributed by atoms with Crippen LogP contribution in [-0.4, -0.2) is 17.6 Å². The molecule has 0 aliphatic rings. The lowest BCUT2D eigenvalue weighted by Crippen LogP contribution is -2.08. The average molecular weight is 245 g/mol. The third-order valence-corrected chi connectivity index (χ3v) is 2.07. The molecular formula is C8H9BrN2O2. The van der Waals surface area contributed by atoms with Gasteiger partial charge in [0.25, 0.3) is 0 Å². The Hall–Kier alpha value is -1.10. The van der Waals surface area contributed by atoms with E-state index in [0.29, 0.717) is 16.8 Å². The molecule has 0 aliphatic heterocycles. The van der Waals surface area contributed by atoms with E-state index in [1.165, 1.54) is 12.4 Å². The van der Waals surface area contributed by atoms with Gasteiger partial charge < -0.3 is 10.5 Å². The summed E-state index contributed by atoms with van der Waals surface area (Å²) in [6.07, 6.45) is 2.91. The lowest BCUT2D eigenvalue weighted by atomic mass is 10.2. The molecule has 1 aromatic heterocycles. The average Bonchev–Trinajstić information content (AvgIpc) is 2.10. The van der Waals surface area contributed by atoms with Crippen LogP contribution in [0.3, 0.4) is 0 Å². The number of aromatic nitrogens is 1. The SMILES string of the molecule is CCOC(=O)c1cncc(Br)c1N. The summed E-state index contributed by atoms with van der Waals surface area (Å²) >= 11 is 3.17. The molecule has 4 nitrogen and oxygen atoms in total. The second kappa shape index (κ2) is 4.23. The first-order valence-corrected chi connectivity index (χ1v) is 4.52. The highest BCUT2D eigenvalue weighted by Crippen LogP contribution is 2.21. The monoisotopic (exact) mass is 244 g/mol. The van der Waals surface area contributed by atoms with E-state index >= 15 is 0 Å². The van der Waals surface area contributed by atoms with Gasteiger partial charge in [-0.25, -0.2) is 4.79 Å². The second-order valence-corrected chi connectivity index (χ2v) is 3.16. The third-order valence-electron chi connectivity index (χ3n) is 1.43. The highest BCUT2D eigenvalue weighted by atomic mass is 79.9. The first-order valence-electron chi connectivity index (χ1n) is 3.73. The van der Waals surface area contributed by atoms with Gasteiger partial charge in [-0.3, -0.25) is 4.98 Å². The summed E-state index contributed by atoms with van der Waals surface area (Å²) in [5, 5.41) is 0. The molecule has 1 heterocycles. The maximum absolute atomic E-state index is 11.3. The molecule has 0 aliphatic carbocycles. The number of hydrogen-bond acceptors (Lipinski definition) is 4. The standard InChI is InChI=1S/C8H9BrN2O2/c1-2-13-8(12)5-3-11-4-6(9)7(5)10/h3-4H,2H2,1H3,(H2,10,11). The van der Waals surface area contributed by atoms with Crippen molar-refractivity contribution in [2.24, 2.45) is 0 Å². The van der Waals surface area contributed by atoms with Crippen LogP contribution in [-0.2, 0) is 4.74 Å². The summed E-state index contributed by atoms with van der Waals surface area (Å²) < 4.78 is 5.38. The molecule has 0 spiro atoms. The van der Waals surface area contributed by atoms with Crippen LogP contribution in [0.1, 0.15) is 17.3 Å². The summed E-state index contributed by atoms with van der Waals surface area (Å²) in [4.78, 5) is 15.1. The number of nitrogen functional groups attached to an aromatic ring is 1. The number of nitrogens with zero attached hydrogens (tertiary/aromatic N) is 1. The fourth-order valence-electron chi connectivity index (χ4n) is 0.816. The van der Waals surface area contributed by atoms with E-state index in [9.17, 15) is 4.79 Å². The van der Waals surface area contributed by atoms with Crippen molar-refractivity contribution in [1.29, 1.82) is 0 Å². The van der Waals surface area contributed by atoms with Crippen molar-refractivity contribution in [2.75, 3.05) is 12.3 Å². The molecule has 13 heavy (non-hydrogen) atoms. The summed E-state index contributed by atoms with van der Waals surface area (Å²) in [5.74, 6) is -0.450. The first-order chi connectivity index (χ1) is 6.16. The lowest BCUT2D eigenvalue weighted by molar-refractivity contribution is 0.0527. The number of nitrogens with two attached hydrogens (primary N) is 1. The van der Waals surface area contributed by atoms with E-state index in [1.54, 1.807) is 6.92 Å². The quantitative estimate of drug-likeness (QED) is 0.803. The maximum Gasteiger partial charge on any atom is 0.341 e. The van der Waals surface area contributed by atoms with Gasteiger partial charge in [-0.1, -0.05) is 0 Å². The van der Waals surface area contributed by atoms with Crippen LogP contribution in [0.5, 0.6) is 0 Å². The van der Waals surface area contributed by atoms with Crippen molar-refractivity contribution < 1.29 is 9.53 Å². The van der Waals surface area contributed by atoms with Crippen LogP contribution in [0.4, 0.5) is 5.69 Å². The van der Waals surface area contributed by atoms with Crippen molar-refractivity contribution >= 4 is 27.6 Å². The van der Waals surface area contributed by atoms with E-state index in [4.69, 9.17) is 10.5 Å². The molecule has 0 radical (unpaired) electrons. The van der Waals surface area contributed by atoms with Gasteiger partial charge in [-0.2, -0.15) is 0 Å². The lowest BCUT2D eigenvalue weighted by Gasteiger charge is -2.05. The largest absolute Gasteiger partial charge is 0.462 e. The van der Waals surface area contributed by atoms with Crippen molar-refractivity contribution in [3.05, 3.63) is 22.4 Å². The minimum atomic E-state index is -0.450. The van der Waals surface area contributed by atoms with Crippen LogP contribution in [0.2, 0.25) is 0 Å². The summed E-state index contributed by atoms with van der Waals surface area (Å²) in [5.41, 5.74) is 6.27. The van der Waals surface area contributed by atoms with Crippen LogP contribution in [0, 0.1) is 0 Å². The Morgan fingerprint density at radius 2 is 2.38 bits per heavy atom. The minimum absolute atomic E-state index is 0.288. The molecule has 0 bridgehead atoms. The number of halogens is 1. The molecule has 0 aromatic carbocycles. The summed E-state index contributed by atoms with van der Waals surface area (Å²) in [6, 6.07) is 0. The van der Waals surface area contributed by atoms with Gasteiger partial charge in [0.05, 0.1) is 16.8 Å². The highest BCUT2D eigenvalue weighted by molar-refractivity contribution is 9.10. The number of carbonyl (C=O) groups excluding carboxylic acids is 1. The number of pyridine rings is 1. The Morgan fingerprint density at radius 1 is 1.69 bits per heavy atom. The Balaban J connectivity index is 3.01. The second-order valence-electron chi connectivity index (χ2n) is 2.30. The third kappa shape index (κ3) is 2.18. The van der Waals surface area contributed by atoms with E-state index in [-0.39, 0.29) is 5.56 Å². The normalized spacial score (nSPS) is 9.69. The fraction of sp³-hybridized carbons (Fsp3) is 0.250. The van der Waals surface area contributed by atoms with Gasteiger partial charge >= 0.3 is 5.97 Å². The predicted molar refractivity (Wildman–Crippen MR) is 52.3 cm³/mol. The number of hydrogen-bond donors (Lipinski definition) is 1. The molecule has 5 heteroatoms. The Kier molecular flexibility index (Phi) is 3.25. The molecule has 1 rings (SSSR count). The number of esters is 1. The molecular weight excluding hydrogens is 236 g/mol. The molecule has 70 valence electrons. The fourth-order valence-corrected chi connectivity index (χ4v) is 1.15.